The van der Waals surface area contributed by atoms with Gasteiger partial charge in [0.2, 0.25) is 11.8 Å². The molecule has 0 unspecified atom stereocenters. The summed E-state index contributed by atoms with van der Waals surface area (Å²) in [6.07, 6.45) is 4.13. The molecule has 0 aliphatic rings. The summed E-state index contributed by atoms with van der Waals surface area (Å²) >= 11 is 5.18. The van der Waals surface area contributed by atoms with Gasteiger partial charge < -0.3 is 20.1 Å². The van der Waals surface area contributed by atoms with Crippen LogP contribution in [0.15, 0.2) is 48.5 Å². The number of nitrogens with one attached hydrogen (secondary N) is 3. The van der Waals surface area contributed by atoms with Crippen molar-refractivity contribution < 1.29 is 19.1 Å². The minimum atomic E-state index is -0.357. The zero-order valence-corrected chi connectivity index (χ0v) is 18.0. The zero-order chi connectivity index (χ0) is 21.9. The maximum absolute atomic E-state index is 12.1. The second-order valence-corrected chi connectivity index (χ2v) is 6.67. The van der Waals surface area contributed by atoms with E-state index < -0.39 is 0 Å². The number of carbonyl (C=O) groups is 2. The van der Waals surface area contributed by atoms with Crippen LogP contribution in [0.25, 0.3) is 6.08 Å². The molecule has 2 amide bonds. The molecule has 0 radical (unpaired) electrons. The lowest BCUT2D eigenvalue weighted by atomic mass is 10.1. The van der Waals surface area contributed by atoms with Crippen LogP contribution in [-0.4, -0.2) is 38.2 Å². The van der Waals surface area contributed by atoms with Crippen molar-refractivity contribution in [1.82, 2.24) is 10.6 Å². The largest absolute Gasteiger partial charge is 0.493 e. The average molecular weight is 428 g/mol. The summed E-state index contributed by atoms with van der Waals surface area (Å²) in [5.41, 5.74) is 2.57. The van der Waals surface area contributed by atoms with Gasteiger partial charge >= 0.3 is 0 Å². The Morgan fingerprint density at radius 1 is 1.03 bits per heavy atom. The Morgan fingerprint density at radius 2 is 1.73 bits per heavy atom. The topological polar surface area (TPSA) is 88.7 Å². The lowest BCUT2D eigenvalue weighted by molar-refractivity contribution is -0.120. The number of hydrogen-bond donors (Lipinski definition) is 3. The van der Waals surface area contributed by atoms with Crippen LogP contribution < -0.4 is 25.4 Å². The number of amides is 2. The van der Waals surface area contributed by atoms with Crippen molar-refractivity contribution in [2.75, 3.05) is 26.6 Å². The molecular formula is C22H25N3O4S. The monoisotopic (exact) mass is 427 g/mol. The molecule has 0 aromatic heterocycles. The fourth-order valence-corrected chi connectivity index (χ4v) is 2.80. The first kappa shape index (κ1) is 22.9. The first-order valence-corrected chi connectivity index (χ1v) is 9.67. The number of ether oxygens (including phenoxy) is 2. The summed E-state index contributed by atoms with van der Waals surface area (Å²) in [6.45, 7) is 0. The van der Waals surface area contributed by atoms with Gasteiger partial charge in [0, 0.05) is 25.2 Å². The van der Waals surface area contributed by atoms with Gasteiger partial charge in [-0.05, 0) is 60.1 Å². The molecule has 0 atom stereocenters. The SMILES string of the molecule is CNC(=O)CCc1ccc(NC(=S)NC(=O)/C=C/c2ccc(OC)c(OC)c2)cc1. The summed E-state index contributed by atoms with van der Waals surface area (Å²) in [5.74, 6) is 0.840. The first-order valence-electron chi connectivity index (χ1n) is 9.26. The van der Waals surface area contributed by atoms with Crippen LogP contribution in [0.5, 0.6) is 11.5 Å². The number of rotatable bonds is 8. The van der Waals surface area contributed by atoms with Gasteiger partial charge in [-0.15, -0.1) is 0 Å². The molecular weight excluding hydrogens is 402 g/mol. The molecule has 0 saturated carbocycles. The molecule has 158 valence electrons. The van der Waals surface area contributed by atoms with E-state index in [1.165, 1.54) is 6.08 Å². The molecule has 0 fully saturated rings. The standard InChI is InChI=1S/C22H25N3O4S/c1-23-20(26)12-7-15-4-9-17(10-5-15)24-22(30)25-21(27)13-8-16-6-11-18(28-2)19(14-16)29-3/h4-6,8-11,13-14H,7,12H2,1-3H3,(H,23,26)(H2,24,25,27,30)/b13-8+. The molecule has 3 N–H and O–H groups in total. The van der Waals surface area contributed by atoms with E-state index in [0.29, 0.717) is 24.3 Å². The number of carbonyl (C=O) groups excluding carboxylic acids is 2. The Morgan fingerprint density at radius 3 is 2.37 bits per heavy atom. The third-order valence-electron chi connectivity index (χ3n) is 4.20. The van der Waals surface area contributed by atoms with Gasteiger partial charge in [0.1, 0.15) is 0 Å². The number of thiocarbonyl (C=S) groups is 1. The van der Waals surface area contributed by atoms with Gasteiger partial charge in [0.25, 0.3) is 0 Å². The normalized spacial score (nSPS) is 10.4. The van der Waals surface area contributed by atoms with Crippen LogP contribution in [0.3, 0.4) is 0 Å². The van der Waals surface area contributed by atoms with Crippen molar-refractivity contribution in [2.24, 2.45) is 0 Å². The number of anilines is 1. The van der Waals surface area contributed by atoms with Crippen LogP contribution in [0, 0.1) is 0 Å². The van der Waals surface area contributed by atoms with Crippen LogP contribution in [-0.2, 0) is 16.0 Å². The fourth-order valence-electron chi connectivity index (χ4n) is 2.58. The van der Waals surface area contributed by atoms with Crippen molar-refractivity contribution in [3.63, 3.8) is 0 Å². The summed E-state index contributed by atoms with van der Waals surface area (Å²) in [6, 6.07) is 12.9. The highest BCUT2D eigenvalue weighted by molar-refractivity contribution is 7.80. The van der Waals surface area contributed by atoms with Crippen molar-refractivity contribution in [2.45, 2.75) is 12.8 Å². The summed E-state index contributed by atoms with van der Waals surface area (Å²) < 4.78 is 10.4. The molecule has 2 aromatic rings. The third kappa shape index (κ3) is 7.21. The Bertz CT molecular complexity index is 926. The van der Waals surface area contributed by atoms with Gasteiger partial charge in [-0.3, -0.25) is 14.9 Å². The Hall–Kier alpha value is -3.39. The Kier molecular flexibility index (Phi) is 8.83. The van der Waals surface area contributed by atoms with Gasteiger partial charge in [-0.2, -0.15) is 0 Å². The van der Waals surface area contributed by atoms with E-state index in [0.717, 1.165) is 16.8 Å². The van der Waals surface area contributed by atoms with E-state index in [4.69, 9.17) is 21.7 Å². The third-order valence-corrected chi connectivity index (χ3v) is 4.41. The predicted molar refractivity (Wildman–Crippen MR) is 122 cm³/mol. The van der Waals surface area contributed by atoms with E-state index in [9.17, 15) is 9.59 Å². The molecule has 0 saturated heterocycles. The summed E-state index contributed by atoms with van der Waals surface area (Å²) in [4.78, 5) is 23.4. The highest BCUT2D eigenvalue weighted by Crippen LogP contribution is 2.27. The zero-order valence-electron chi connectivity index (χ0n) is 17.2. The van der Waals surface area contributed by atoms with E-state index in [2.05, 4.69) is 16.0 Å². The maximum Gasteiger partial charge on any atom is 0.250 e. The summed E-state index contributed by atoms with van der Waals surface area (Å²) in [7, 11) is 4.73. The smallest absolute Gasteiger partial charge is 0.250 e. The molecule has 0 bridgehead atoms. The Labute approximate surface area is 181 Å². The van der Waals surface area contributed by atoms with Crippen LogP contribution in [0.2, 0.25) is 0 Å². The number of methoxy groups -OCH3 is 2. The van der Waals surface area contributed by atoms with Gasteiger partial charge in [0.05, 0.1) is 14.2 Å². The minimum Gasteiger partial charge on any atom is -0.493 e. The van der Waals surface area contributed by atoms with Gasteiger partial charge in [-0.25, -0.2) is 0 Å². The summed E-state index contributed by atoms with van der Waals surface area (Å²) in [5, 5.41) is 8.34. The van der Waals surface area contributed by atoms with E-state index in [1.807, 2.05) is 30.3 Å². The van der Waals surface area contributed by atoms with E-state index in [1.54, 1.807) is 39.5 Å². The fraction of sp³-hybridized carbons (Fsp3) is 0.227. The second kappa shape index (κ2) is 11.6. The number of aryl methyl sites for hydroxylation is 1. The molecule has 2 rings (SSSR count). The van der Waals surface area contributed by atoms with Gasteiger partial charge in [-0.1, -0.05) is 18.2 Å². The first-order chi connectivity index (χ1) is 14.4. The minimum absolute atomic E-state index is 0.00207. The number of benzene rings is 2. The molecule has 0 spiro atoms. The second-order valence-electron chi connectivity index (χ2n) is 6.26. The Balaban J connectivity index is 1.86. The van der Waals surface area contributed by atoms with Crippen molar-refractivity contribution in [3.8, 4) is 11.5 Å². The molecule has 7 nitrogen and oxygen atoms in total. The quantitative estimate of drug-likeness (QED) is 0.444. The van der Waals surface area contributed by atoms with Crippen molar-refractivity contribution in [1.29, 1.82) is 0 Å². The van der Waals surface area contributed by atoms with E-state index >= 15 is 0 Å². The average Bonchev–Trinajstić information content (AvgIpc) is 2.76. The molecule has 0 aliphatic heterocycles. The molecule has 30 heavy (non-hydrogen) atoms. The van der Waals surface area contributed by atoms with Crippen molar-refractivity contribution >= 4 is 40.9 Å². The van der Waals surface area contributed by atoms with Crippen LogP contribution in [0.1, 0.15) is 17.5 Å². The highest BCUT2D eigenvalue weighted by atomic mass is 32.1. The van der Waals surface area contributed by atoms with Crippen molar-refractivity contribution in [3.05, 3.63) is 59.7 Å². The predicted octanol–water partition coefficient (Wildman–Crippen LogP) is 2.91. The van der Waals surface area contributed by atoms with Crippen LogP contribution >= 0.6 is 12.2 Å². The van der Waals surface area contributed by atoms with Crippen LogP contribution in [0.4, 0.5) is 5.69 Å². The lowest BCUT2D eigenvalue weighted by Crippen LogP contribution is -2.32. The molecule has 0 aliphatic carbocycles. The maximum atomic E-state index is 12.1. The lowest BCUT2D eigenvalue weighted by Gasteiger charge is -2.09. The van der Waals surface area contributed by atoms with E-state index in [-0.39, 0.29) is 16.9 Å². The molecule has 0 heterocycles. The molecule has 8 heteroatoms. The molecule has 2 aromatic carbocycles. The highest BCUT2D eigenvalue weighted by Gasteiger charge is 2.05. The number of hydrogen-bond acceptors (Lipinski definition) is 5. The van der Waals surface area contributed by atoms with Gasteiger partial charge in [0.15, 0.2) is 16.6 Å².